The van der Waals surface area contributed by atoms with Crippen LogP contribution in [0.15, 0.2) is 116 Å². The summed E-state index contributed by atoms with van der Waals surface area (Å²) in [6.45, 7) is 0. The summed E-state index contributed by atoms with van der Waals surface area (Å²) in [5, 5.41) is 9.91. The number of rotatable bonds is 2. The molecule has 0 fully saturated rings. The van der Waals surface area contributed by atoms with Crippen LogP contribution in [-0.2, 0) is 0 Å². The lowest BCUT2D eigenvalue weighted by molar-refractivity contribution is 1.28. The van der Waals surface area contributed by atoms with Gasteiger partial charge >= 0.3 is 0 Å². The molecular formula is C33H19N3. The zero-order chi connectivity index (χ0) is 23.6. The molecule has 0 unspecified atom stereocenters. The Morgan fingerprint density at radius 1 is 0.444 bits per heavy atom. The number of pyridine rings is 3. The molecule has 3 nitrogen and oxygen atoms in total. The van der Waals surface area contributed by atoms with Crippen molar-refractivity contribution in [2.75, 3.05) is 0 Å². The highest BCUT2D eigenvalue weighted by atomic mass is 14.8. The van der Waals surface area contributed by atoms with E-state index in [0.717, 1.165) is 38.8 Å². The minimum atomic E-state index is 0.850. The first kappa shape index (κ1) is 19.4. The Balaban J connectivity index is 1.27. The van der Waals surface area contributed by atoms with E-state index in [0.29, 0.717) is 0 Å². The highest BCUT2D eigenvalue weighted by Gasteiger charge is 2.13. The molecule has 36 heavy (non-hydrogen) atoms. The maximum atomic E-state index is 4.96. The van der Waals surface area contributed by atoms with Gasteiger partial charge in [0.25, 0.3) is 0 Å². The van der Waals surface area contributed by atoms with Crippen LogP contribution in [0.4, 0.5) is 0 Å². The Kier molecular flexibility index (Phi) is 3.94. The third-order valence-electron chi connectivity index (χ3n) is 7.30. The van der Waals surface area contributed by atoms with Gasteiger partial charge < -0.3 is 0 Å². The second-order valence-electron chi connectivity index (χ2n) is 9.31. The summed E-state index contributed by atoms with van der Waals surface area (Å²) in [5.41, 5.74) is 5.82. The highest BCUT2D eigenvalue weighted by molar-refractivity contribution is 6.25. The van der Waals surface area contributed by atoms with Crippen molar-refractivity contribution >= 4 is 54.1 Å². The Morgan fingerprint density at radius 3 is 1.94 bits per heavy atom. The van der Waals surface area contributed by atoms with Crippen LogP contribution in [0.1, 0.15) is 0 Å². The average molecular weight is 458 g/mol. The van der Waals surface area contributed by atoms with E-state index in [2.05, 4.69) is 96.0 Å². The van der Waals surface area contributed by atoms with Crippen LogP contribution in [-0.4, -0.2) is 15.0 Å². The predicted molar refractivity (Wildman–Crippen MR) is 149 cm³/mol. The lowest BCUT2D eigenvalue weighted by Gasteiger charge is -2.14. The Morgan fingerprint density at radius 2 is 1.11 bits per heavy atom. The summed E-state index contributed by atoms with van der Waals surface area (Å²) >= 11 is 0. The molecule has 0 radical (unpaired) electrons. The molecule has 0 saturated carbocycles. The Labute approximate surface area is 207 Å². The predicted octanol–water partition coefficient (Wildman–Crippen LogP) is 8.41. The van der Waals surface area contributed by atoms with Crippen LogP contribution < -0.4 is 0 Å². The Hall–Kier alpha value is -4.89. The van der Waals surface area contributed by atoms with E-state index in [1.54, 1.807) is 0 Å². The summed E-state index contributed by atoms with van der Waals surface area (Å²) in [7, 11) is 0. The van der Waals surface area contributed by atoms with E-state index in [1.165, 1.54) is 37.9 Å². The molecule has 5 aromatic carbocycles. The number of benzene rings is 5. The van der Waals surface area contributed by atoms with Crippen molar-refractivity contribution in [3.63, 3.8) is 0 Å². The van der Waals surface area contributed by atoms with Gasteiger partial charge in [0.1, 0.15) is 0 Å². The van der Waals surface area contributed by atoms with Gasteiger partial charge in [0.05, 0.1) is 22.4 Å². The highest BCUT2D eigenvalue weighted by Crippen LogP contribution is 2.39. The van der Waals surface area contributed by atoms with Crippen molar-refractivity contribution in [1.29, 1.82) is 0 Å². The number of aromatic nitrogens is 3. The van der Waals surface area contributed by atoms with E-state index >= 15 is 0 Å². The normalized spacial score (nSPS) is 11.9. The quantitative estimate of drug-likeness (QED) is 0.245. The van der Waals surface area contributed by atoms with Crippen molar-refractivity contribution in [1.82, 2.24) is 15.0 Å². The fourth-order valence-corrected chi connectivity index (χ4v) is 5.56. The molecule has 0 aliphatic rings. The molecule has 0 amide bonds. The van der Waals surface area contributed by atoms with Crippen molar-refractivity contribution < 1.29 is 0 Å². The molecule has 0 atom stereocenters. The van der Waals surface area contributed by atoms with E-state index in [-0.39, 0.29) is 0 Å². The van der Waals surface area contributed by atoms with Crippen LogP contribution >= 0.6 is 0 Å². The van der Waals surface area contributed by atoms with Gasteiger partial charge in [-0.05, 0) is 56.1 Å². The van der Waals surface area contributed by atoms with Crippen molar-refractivity contribution in [3.8, 4) is 22.5 Å². The van der Waals surface area contributed by atoms with Crippen LogP contribution in [0.25, 0.3) is 76.6 Å². The van der Waals surface area contributed by atoms with E-state index < -0.39 is 0 Å². The second-order valence-corrected chi connectivity index (χ2v) is 9.31. The average Bonchev–Trinajstić information content (AvgIpc) is 2.95. The molecule has 0 aliphatic heterocycles. The van der Waals surface area contributed by atoms with Crippen LogP contribution in [0.3, 0.4) is 0 Å². The summed E-state index contributed by atoms with van der Waals surface area (Å²) in [4.78, 5) is 14.4. The molecule has 0 spiro atoms. The van der Waals surface area contributed by atoms with E-state index in [9.17, 15) is 0 Å². The summed E-state index contributed by atoms with van der Waals surface area (Å²) in [5.74, 6) is 0. The summed E-state index contributed by atoms with van der Waals surface area (Å²) in [6, 6.07) is 36.4. The number of fused-ring (bicyclic) bond motifs is 3. The smallest absolute Gasteiger partial charge is 0.0972 e. The fraction of sp³-hybridized carbons (Fsp3) is 0. The third kappa shape index (κ3) is 2.77. The molecule has 0 saturated heterocycles. The zero-order valence-electron chi connectivity index (χ0n) is 19.3. The van der Waals surface area contributed by atoms with E-state index in [4.69, 9.17) is 9.97 Å². The van der Waals surface area contributed by atoms with Gasteiger partial charge in [0.2, 0.25) is 0 Å². The lowest BCUT2D eigenvalue weighted by Crippen LogP contribution is -1.92. The van der Waals surface area contributed by atoms with Gasteiger partial charge in [-0.3, -0.25) is 9.97 Å². The summed E-state index contributed by atoms with van der Waals surface area (Å²) < 4.78 is 0. The number of nitrogens with zero attached hydrogens (tertiary/aromatic N) is 3. The van der Waals surface area contributed by atoms with E-state index in [1.807, 2.05) is 24.5 Å². The van der Waals surface area contributed by atoms with Gasteiger partial charge in [0, 0.05) is 28.7 Å². The maximum Gasteiger partial charge on any atom is 0.0972 e. The standard InChI is InChI=1S/C33H19N3/c1-3-20-6-7-22-10-14-26(27-15-11-21(4-1)30(20)31(22)27)25-13-16-28(35-19-25)29-17-12-24-9-8-23-5-2-18-34-32(23)33(24)36-29/h1-19H. The minimum Gasteiger partial charge on any atom is -0.254 e. The molecule has 166 valence electrons. The molecule has 3 aromatic heterocycles. The third-order valence-corrected chi connectivity index (χ3v) is 7.30. The zero-order valence-corrected chi connectivity index (χ0v) is 19.3. The maximum absolute atomic E-state index is 4.96. The number of hydrogen-bond donors (Lipinski definition) is 0. The fourth-order valence-electron chi connectivity index (χ4n) is 5.56. The van der Waals surface area contributed by atoms with Crippen LogP contribution in [0.5, 0.6) is 0 Å². The lowest BCUT2D eigenvalue weighted by atomic mass is 9.90. The molecule has 0 aliphatic carbocycles. The largest absolute Gasteiger partial charge is 0.254 e. The first-order valence-electron chi connectivity index (χ1n) is 12.1. The first-order chi connectivity index (χ1) is 17.8. The van der Waals surface area contributed by atoms with Gasteiger partial charge in [0.15, 0.2) is 0 Å². The Bertz CT molecular complexity index is 2080. The molecule has 0 bridgehead atoms. The minimum absolute atomic E-state index is 0.850. The van der Waals surface area contributed by atoms with Crippen molar-refractivity contribution in [3.05, 3.63) is 116 Å². The van der Waals surface area contributed by atoms with Crippen molar-refractivity contribution in [2.45, 2.75) is 0 Å². The second kappa shape index (κ2) is 7.30. The monoisotopic (exact) mass is 457 g/mol. The SMILES string of the molecule is c1cnc2c(c1)ccc1ccc(-c3ccc(-c4ccc5ccc6cccc7ccc4c5c67)cn3)nc12. The van der Waals surface area contributed by atoms with Crippen LogP contribution in [0.2, 0.25) is 0 Å². The van der Waals surface area contributed by atoms with Gasteiger partial charge in [-0.15, -0.1) is 0 Å². The van der Waals surface area contributed by atoms with Gasteiger partial charge in [-0.2, -0.15) is 0 Å². The molecule has 3 heterocycles. The van der Waals surface area contributed by atoms with Crippen LogP contribution in [0, 0.1) is 0 Å². The molecular weight excluding hydrogens is 438 g/mol. The number of hydrogen-bond acceptors (Lipinski definition) is 3. The molecule has 0 N–H and O–H groups in total. The molecule has 8 rings (SSSR count). The van der Waals surface area contributed by atoms with Crippen molar-refractivity contribution in [2.24, 2.45) is 0 Å². The summed E-state index contributed by atoms with van der Waals surface area (Å²) in [6.07, 6.45) is 3.79. The van der Waals surface area contributed by atoms with Gasteiger partial charge in [-0.1, -0.05) is 84.9 Å². The molecule has 8 aromatic rings. The van der Waals surface area contributed by atoms with Gasteiger partial charge in [-0.25, -0.2) is 4.98 Å². The molecule has 3 heteroatoms. The topological polar surface area (TPSA) is 38.7 Å². The first-order valence-corrected chi connectivity index (χ1v) is 12.1.